The van der Waals surface area contributed by atoms with Gasteiger partial charge in [-0.3, -0.25) is 4.99 Å². The third-order valence-electron chi connectivity index (χ3n) is 3.83. The highest BCUT2D eigenvalue weighted by Gasteiger charge is 2.41. The Kier molecular flexibility index (Phi) is 5.20. The average Bonchev–Trinajstić information content (AvgIpc) is 3.27. The van der Waals surface area contributed by atoms with E-state index in [4.69, 9.17) is 14.5 Å². The van der Waals surface area contributed by atoms with Crippen molar-refractivity contribution in [3.63, 3.8) is 0 Å². The molecule has 0 N–H and O–H groups in total. The van der Waals surface area contributed by atoms with Gasteiger partial charge in [0.2, 0.25) is 0 Å². The first-order chi connectivity index (χ1) is 10.4. The van der Waals surface area contributed by atoms with Gasteiger partial charge in [-0.2, -0.15) is 0 Å². The van der Waals surface area contributed by atoms with E-state index < -0.39 is 0 Å². The van der Waals surface area contributed by atoms with Crippen LogP contribution in [-0.4, -0.2) is 75.1 Å². The number of hydrogen-bond acceptors (Lipinski definition) is 8. The summed E-state index contributed by atoms with van der Waals surface area (Å²) < 4.78 is 12.4. The van der Waals surface area contributed by atoms with Gasteiger partial charge >= 0.3 is 0 Å². The molecular weight excluding hydrogens is 344 g/mol. The molecule has 0 amide bonds. The largest absolute Gasteiger partial charge is 0.348 e. The number of amidine groups is 1. The molecule has 8 heteroatoms. The summed E-state index contributed by atoms with van der Waals surface area (Å²) >= 11 is 8.24. The normalized spacial score (nSPS) is 33.0. The van der Waals surface area contributed by atoms with E-state index in [-0.39, 0.29) is 12.3 Å². The van der Waals surface area contributed by atoms with Gasteiger partial charge in [0.1, 0.15) is 21.2 Å². The van der Waals surface area contributed by atoms with Gasteiger partial charge in [0.15, 0.2) is 6.29 Å². The van der Waals surface area contributed by atoms with Crippen molar-refractivity contribution in [2.24, 2.45) is 4.99 Å². The van der Waals surface area contributed by atoms with E-state index in [2.05, 4.69) is 28.4 Å². The molecule has 0 aromatic rings. The van der Waals surface area contributed by atoms with Crippen LogP contribution in [0.1, 0.15) is 6.42 Å². The molecule has 3 saturated heterocycles. The van der Waals surface area contributed by atoms with Crippen molar-refractivity contribution in [1.29, 1.82) is 0 Å². The lowest BCUT2D eigenvalue weighted by atomic mass is 10.3. The fourth-order valence-electron chi connectivity index (χ4n) is 2.88. The Hall–Kier alpha value is 0.790. The zero-order valence-corrected chi connectivity index (χ0v) is 15.1. The molecule has 0 saturated carbocycles. The zero-order valence-electron chi connectivity index (χ0n) is 11.8. The molecule has 0 spiro atoms. The van der Waals surface area contributed by atoms with Crippen LogP contribution in [0.15, 0.2) is 4.99 Å². The van der Waals surface area contributed by atoms with Gasteiger partial charge in [-0.05, 0) is 17.9 Å². The topological polar surface area (TPSA) is 34.1 Å². The third kappa shape index (κ3) is 3.35. The highest BCUT2D eigenvalue weighted by Crippen LogP contribution is 2.41. The lowest BCUT2D eigenvalue weighted by Gasteiger charge is -2.34. The average molecular weight is 365 g/mol. The second kappa shape index (κ2) is 7.13. The summed E-state index contributed by atoms with van der Waals surface area (Å²) in [5.74, 6) is 6.32. The van der Waals surface area contributed by atoms with Gasteiger partial charge in [-0.1, -0.05) is 0 Å². The molecule has 0 aromatic carbocycles. The van der Waals surface area contributed by atoms with Gasteiger partial charge in [0.05, 0.1) is 13.2 Å². The summed E-state index contributed by atoms with van der Waals surface area (Å²) in [6.07, 6.45) is 1.21. The SMILES string of the molecule is C1CSC(N2CC(C3OCCO3)N=C2C2SCCS2)SC1. The van der Waals surface area contributed by atoms with Crippen molar-refractivity contribution < 1.29 is 9.47 Å². The fourth-order valence-corrected chi connectivity index (χ4v) is 8.65. The van der Waals surface area contributed by atoms with Crippen molar-refractivity contribution in [2.75, 3.05) is 42.8 Å². The number of aliphatic imine (C=N–C) groups is 1. The third-order valence-corrected chi connectivity index (χ3v) is 9.76. The molecule has 1 unspecified atom stereocenters. The maximum atomic E-state index is 5.70. The van der Waals surface area contributed by atoms with Crippen molar-refractivity contribution >= 4 is 52.9 Å². The van der Waals surface area contributed by atoms with E-state index in [0.717, 1.165) is 6.54 Å². The highest BCUT2D eigenvalue weighted by molar-refractivity contribution is 8.21. The molecule has 4 aliphatic rings. The Balaban J connectivity index is 1.51. The van der Waals surface area contributed by atoms with E-state index in [9.17, 15) is 0 Å². The standard InChI is InChI=1S/C13H20N2O2S4/c1-4-20-13(21-5-1)15-8-9(11-16-2-3-17-11)14-10(15)12-18-6-7-19-12/h9,11-13H,1-8H2. The molecule has 118 valence electrons. The summed E-state index contributed by atoms with van der Waals surface area (Å²) in [7, 11) is 0. The quantitative estimate of drug-likeness (QED) is 0.761. The van der Waals surface area contributed by atoms with E-state index >= 15 is 0 Å². The second-order valence-corrected chi connectivity index (χ2v) is 10.7. The highest BCUT2D eigenvalue weighted by atomic mass is 32.2. The molecule has 3 fully saturated rings. The Bertz CT molecular complexity index is 394. The van der Waals surface area contributed by atoms with Gasteiger partial charge < -0.3 is 14.4 Å². The molecule has 4 rings (SSSR count). The maximum Gasteiger partial charge on any atom is 0.181 e. The van der Waals surface area contributed by atoms with Crippen LogP contribution in [0.2, 0.25) is 0 Å². The maximum absolute atomic E-state index is 5.70. The molecule has 4 nitrogen and oxygen atoms in total. The van der Waals surface area contributed by atoms with Crippen molar-refractivity contribution in [2.45, 2.75) is 28.0 Å². The van der Waals surface area contributed by atoms with Gasteiger partial charge in [-0.25, -0.2) is 0 Å². The monoisotopic (exact) mass is 364 g/mol. The molecule has 4 aliphatic heterocycles. The molecule has 0 aromatic heterocycles. The van der Waals surface area contributed by atoms with Crippen LogP contribution >= 0.6 is 47.0 Å². The zero-order chi connectivity index (χ0) is 14.1. The number of rotatable bonds is 3. The molecular formula is C13H20N2O2S4. The summed E-state index contributed by atoms with van der Waals surface area (Å²) in [4.78, 5) is 7.57. The van der Waals surface area contributed by atoms with Crippen LogP contribution in [0.25, 0.3) is 0 Å². The minimum atomic E-state index is -0.125. The Labute approximate surface area is 142 Å². The van der Waals surface area contributed by atoms with Crippen LogP contribution in [0, 0.1) is 0 Å². The summed E-state index contributed by atoms with van der Waals surface area (Å²) in [5, 5.41) is 0. The van der Waals surface area contributed by atoms with Crippen molar-refractivity contribution in [3.8, 4) is 0 Å². The summed E-state index contributed by atoms with van der Waals surface area (Å²) in [6.45, 7) is 2.39. The lowest BCUT2D eigenvalue weighted by molar-refractivity contribution is -0.0578. The molecule has 1 atom stereocenters. The van der Waals surface area contributed by atoms with E-state index in [1.807, 2.05) is 23.5 Å². The predicted molar refractivity (Wildman–Crippen MR) is 95.6 cm³/mol. The number of hydrogen-bond donors (Lipinski definition) is 0. The fraction of sp³-hybridized carbons (Fsp3) is 0.923. The Morgan fingerprint density at radius 2 is 1.67 bits per heavy atom. The smallest absolute Gasteiger partial charge is 0.181 e. The van der Waals surface area contributed by atoms with Crippen molar-refractivity contribution in [3.05, 3.63) is 0 Å². The van der Waals surface area contributed by atoms with E-state index in [1.165, 1.54) is 35.3 Å². The van der Waals surface area contributed by atoms with Crippen molar-refractivity contribution in [1.82, 2.24) is 4.90 Å². The molecule has 0 aliphatic carbocycles. The van der Waals surface area contributed by atoms with Crippen LogP contribution in [0.4, 0.5) is 0 Å². The first kappa shape index (κ1) is 15.3. The van der Waals surface area contributed by atoms with Gasteiger partial charge in [-0.15, -0.1) is 47.0 Å². The van der Waals surface area contributed by atoms with Crippen LogP contribution < -0.4 is 0 Å². The minimum absolute atomic E-state index is 0.125. The summed E-state index contributed by atoms with van der Waals surface area (Å²) in [6, 6.07) is 0.160. The van der Waals surface area contributed by atoms with Gasteiger partial charge in [0.25, 0.3) is 0 Å². The first-order valence-corrected chi connectivity index (χ1v) is 11.7. The summed E-state index contributed by atoms with van der Waals surface area (Å²) in [5.41, 5.74) is 0. The van der Waals surface area contributed by atoms with E-state index in [0.29, 0.717) is 22.5 Å². The number of thioether (sulfide) groups is 4. The van der Waals surface area contributed by atoms with Gasteiger partial charge in [0, 0.05) is 18.1 Å². The number of ether oxygens (including phenoxy) is 2. The molecule has 4 heterocycles. The lowest BCUT2D eigenvalue weighted by Crippen LogP contribution is -2.41. The Morgan fingerprint density at radius 1 is 0.952 bits per heavy atom. The predicted octanol–water partition coefficient (Wildman–Crippen LogP) is 2.40. The van der Waals surface area contributed by atoms with Crippen LogP contribution in [-0.2, 0) is 9.47 Å². The van der Waals surface area contributed by atoms with E-state index in [1.54, 1.807) is 0 Å². The Morgan fingerprint density at radius 3 is 2.38 bits per heavy atom. The number of nitrogens with zero attached hydrogens (tertiary/aromatic N) is 2. The van der Waals surface area contributed by atoms with Crippen LogP contribution in [0.5, 0.6) is 0 Å². The minimum Gasteiger partial charge on any atom is -0.348 e. The molecule has 21 heavy (non-hydrogen) atoms. The first-order valence-electron chi connectivity index (χ1n) is 7.46. The molecule has 0 radical (unpaired) electrons. The van der Waals surface area contributed by atoms with Crippen LogP contribution in [0.3, 0.4) is 0 Å². The molecule has 0 bridgehead atoms. The second-order valence-electron chi connectivity index (χ2n) is 5.29.